The molecule has 1 amide bonds. The van der Waals surface area contributed by atoms with Crippen molar-refractivity contribution in [2.24, 2.45) is 0 Å². The lowest BCUT2D eigenvalue weighted by molar-refractivity contribution is 0.102. The minimum Gasteiger partial charge on any atom is -0.365 e. The van der Waals surface area contributed by atoms with Crippen LogP contribution in [0.4, 0.5) is 17.5 Å². The van der Waals surface area contributed by atoms with Crippen molar-refractivity contribution in [3.63, 3.8) is 0 Å². The smallest absolute Gasteiger partial charge is 0.257 e. The Balaban J connectivity index is 1.41. The van der Waals surface area contributed by atoms with Gasteiger partial charge in [0.2, 0.25) is 5.95 Å². The van der Waals surface area contributed by atoms with Crippen LogP contribution in [0.5, 0.6) is 0 Å². The molecule has 184 valence electrons. The average molecular weight is 489 g/mol. The number of nitrogens with one attached hydrogen (secondary N) is 3. The summed E-state index contributed by atoms with van der Waals surface area (Å²) in [5.74, 6) is 1.13. The third-order valence-electron chi connectivity index (χ3n) is 5.79. The van der Waals surface area contributed by atoms with E-state index >= 15 is 0 Å². The predicted molar refractivity (Wildman–Crippen MR) is 150 cm³/mol. The van der Waals surface area contributed by atoms with Crippen LogP contribution in [0.2, 0.25) is 0 Å². The van der Waals surface area contributed by atoms with Gasteiger partial charge in [0.1, 0.15) is 5.82 Å². The quantitative estimate of drug-likeness (QED) is 0.235. The van der Waals surface area contributed by atoms with Crippen LogP contribution in [0, 0.1) is 0 Å². The molecule has 0 bridgehead atoms. The molecule has 5 rings (SSSR count). The van der Waals surface area contributed by atoms with E-state index < -0.39 is 0 Å². The van der Waals surface area contributed by atoms with Crippen LogP contribution < -0.4 is 16.0 Å². The van der Waals surface area contributed by atoms with E-state index in [0.717, 1.165) is 33.4 Å². The van der Waals surface area contributed by atoms with Crippen molar-refractivity contribution in [3.8, 4) is 11.1 Å². The summed E-state index contributed by atoms with van der Waals surface area (Å²) >= 11 is 0. The molecular weight excluding hydrogens is 460 g/mol. The van der Waals surface area contributed by atoms with Gasteiger partial charge >= 0.3 is 0 Å². The first-order valence-electron chi connectivity index (χ1n) is 12.2. The van der Waals surface area contributed by atoms with Gasteiger partial charge in [0.05, 0.1) is 11.1 Å². The van der Waals surface area contributed by atoms with E-state index in [-0.39, 0.29) is 11.9 Å². The first-order chi connectivity index (χ1) is 18.0. The highest BCUT2D eigenvalue weighted by Crippen LogP contribution is 2.29. The Labute approximate surface area is 216 Å². The molecule has 3 aromatic carbocycles. The molecule has 2 heterocycles. The van der Waals surface area contributed by atoms with Gasteiger partial charge in [-0.1, -0.05) is 48.5 Å². The van der Waals surface area contributed by atoms with Gasteiger partial charge < -0.3 is 16.0 Å². The van der Waals surface area contributed by atoms with Crippen molar-refractivity contribution in [1.82, 2.24) is 15.0 Å². The molecule has 0 atom stereocenters. The third kappa shape index (κ3) is 5.90. The van der Waals surface area contributed by atoms with Gasteiger partial charge in [-0.2, -0.15) is 4.98 Å². The first-order valence-corrected chi connectivity index (χ1v) is 12.2. The topological polar surface area (TPSA) is 91.8 Å². The fourth-order valence-electron chi connectivity index (χ4n) is 4.04. The molecule has 2 aromatic heterocycles. The van der Waals surface area contributed by atoms with Gasteiger partial charge in [-0.15, -0.1) is 0 Å². The Bertz CT molecular complexity index is 1520. The first kappa shape index (κ1) is 23.9. The predicted octanol–water partition coefficient (Wildman–Crippen LogP) is 6.38. The molecule has 0 aliphatic carbocycles. The lowest BCUT2D eigenvalue weighted by atomic mass is 10.0. The normalized spacial score (nSPS) is 10.9. The largest absolute Gasteiger partial charge is 0.365 e. The van der Waals surface area contributed by atoms with Gasteiger partial charge in [0.25, 0.3) is 5.91 Å². The monoisotopic (exact) mass is 488 g/mol. The van der Waals surface area contributed by atoms with E-state index in [2.05, 4.69) is 59.0 Å². The molecule has 0 aliphatic heterocycles. The maximum absolute atomic E-state index is 12.5. The second kappa shape index (κ2) is 10.9. The van der Waals surface area contributed by atoms with Crippen molar-refractivity contribution in [2.45, 2.75) is 26.4 Å². The van der Waals surface area contributed by atoms with Gasteiger partial charge in [0, 0.05) is 36.1 Å². The summed E-state index contributed by atoms with van der Waals surface area (Å²) in [7, 11) is 0. The van der Waals surface area contributed by atoms with Gasteiger partial charge in [0.15, 0.2) is 0 Å². The van der Waals surface area contributed by atoms with Crippen LogP contribution in [0.15, 0.2) is 97.3 Å². The zero-order valence-corrected chi connectivity index (χ0v) is 20.8. The average Bonchev–Trinajstić information content (AvgIpc) is 2.92. The maximum Gasteiger partial charge on any atom is 0.257 e. The summed E-state index contributed by atoms with van der Waals surface area (Å²) in [4.78, 5) is 26.1. The number of aromatic nitrogens is 3. The molecule has 0 saturated heterocycles. The van der Waals surface area contributed by atoms with E-state index in [1.807, 2.05) is 48.5 Å². The fourth-order valence-corrected chi connectivity index (χ4v) is 4.04. The third-order valence-corrected chi connectivity index (χ3v) is 5.79. The number of hydrogen-bond acceptors (Lipinski definition) is 6. The van der Waals surface area contributed by atoms with Crippen LogP contribution in [0.1, 0.15) is 29.8 Å². The summed E-state index contributed by atoms with van der Waals surface area (Å²) in [6.45, 7) is 4.65. The van der Waals surface area contributed by atoms with Crippen LogP contribution in [0.25, 0.3) is 22.0 Å². The minimum atomic E-state index is -0.196. The maximum atomic E-state index is 12.5. The van der Waals surface area contributed by atoms with Crippen molar-refractivity contribution in [2.75, 3.05) is 16.0 Å². The number of carbonyl (C=O) groups excluding carboxylic acids is 1. The Morgan fingerprint density at radius 2 is 1.73 bits per heavy atom. The molecular formula is C30H28N6O. The van der Waals surface area contributed by atoms with Crippen LogP contribution in [0.3, 0.4) is 0 Å². The summed E-state index contributed by atoms with van der Waals surface area (Å²) in [5, 5.41) is 10.7. The molecule has 5 aromatic rings. The van der Waals surface area contributed by atoms with Crippen molar-refractivity contribution >= 4 is 34.3 Å². The zero-order chi connectivity index (χ0) is 25.6. The molecule has 0 aliphatic rings. The number of fused-ring (bicyclic) bond motifs is 1. The molecule has 0 radical (unpaired) electrons. The number of nitrogens with zero attached hydrogens (tertiary/aromatic N) is 3. The lowest BCUT2D eigenvalue weighted by Gasteiger charge is -2.15. The summed E-state index contributed by atoms with van der Waals surface area (Å²) in [6.07, 6.45) is 3.19. The molecule has 7 nitrogen and oxygen atoms in total. The number of amides is 1. The van der Waals surface area contributed by atoms with Crippen molar-refractivity contribution in [1.29, 1.82) is 0 Å². The Hall–Kier alpha value is -4.78. The lowest BCUT2D eigenvalue weighted by Crippen LogP contribution is -2.14. The van der Waals surface area contributed by atoms with Crippen LogP contribution in [-0.2, 0) is 6.54 Å². The Kier molecular flexibility index (Phi) is 7.03. The molecule has 0 spiro atoms. The summed E-state index contributed by atoms with van der Waals surface area (Å²) in [5.41, 5.74) is 5.33. The Morgan fingerprint density at radius 3 is 2.51 bits per heavy atom. The molecule has 0 saturated carbocycles. The Morgan fingerprint density at radius 1 is 0.865 bits per heavy atom. The number of hydrogen-bond donors (Lipinski definition) is 3. The van der Waals surface area contributed by atoms with E-state index in [4.69, 9.17) is 9.97 Å². The van der Waals surface area contributed by atoms with Crippen molar-refractivity contribution in [3.05, 3.63) is 108 Å². The highest BCUT2D eigenvalue weighted by Gasteiger charge is 2.11. The highest BCUT2D eigenvalue weighted by molar-refractivity contribution is 6.04. The minimum absolute atomic E-state index is 0.196. The molecule has 0 fully saturated rings. The van der Waals surface area contributed by atoms with Gasteiger partial charge in [-0.25, -0.2) is 4.98 Å². The van der Waals surface area contributed by atoms with Crippen molar-refractivity contribution < 1.29 is 4.79 Å². The number of anilines is 3. The number of rotatable bonds is 8. The van der Waals surface area contributed by atoms with Crippen LogP contribution >= 0.6 is 0 Å². The molecule has 7 heteroatoms. The van der Waals surface area contributed by atoms with E-state index in [0.29, 0.717) is 23.7 Å². The molecule has 3 N–H and O–H groups in total. The second-order valence-electron chi connectivity index (χ2n) is 9.04. The summed E-state index contributed by atoms with van der Waals surface area (Å²) in [6, 6.07) is 27.9. The number of benzene rings is 3. The second-order valence-corrected chi connectivity index (χ2v) is 9.04. The van der Waals surface area contributed by atoms with E-state index in [9.17, 15) is 4.79 Å². The van der Waals surface area contributed by atoms with Gasteiger partial charge in [-0.05, 0) is 66.9 Å². The number of pyridine rings is 1. The van der Waals surface area contributed by atoms with E-state index in [1.54, 1.807) is 24.5 Å². The summed E-state index contributed by atoms with van der Waals surface area (Å²) < 4.78 is 0. The van der Waals surface area contributed by atoms with Crippen LogP contribution in [-0.4, -0.2) is 26.9 Å². The zero-order valence-electron chi connectivity index (χ0n) is 20.8. The standard InChI is InChI=1S/C30H28N6O/c1-20(2)33-30-35-27-14-13-23(22-9-4-3-5-10-22)17-26(27)28(36-30)32-18-21-8-6-12-25(16-21)34-29(37)24-11-7-15-31-19-24/h3-17,19-20H,18H2,1-2H3,(H,34,37)(H2,32,33,35,36). The molecule has 37 heavy (non-hydrogen) atoms. The molecule has 0 unspecified atom stereocenters. The number of carbonyl (C=O) groups is 1. The van der Waals surface area contributed by atoms with E-state index in [1.165, 1.54) is 0 Å². The van der Waals surface area contributed by atoms with Gasteiger partial charge in [-0.3, -0.25) is 9.78 Å². The highest BCUT2D eigenvalue weighted by atomic mass is 16.1. The fraction of sp³-hybridized carbons (Fsp3) is 0.133. The SMILES string of the molecule is CC(C)Nc1nc(NCc2cccc(NC(=O)c3cccnc3)c2)c2cc(-c3ccccc3)ccc2n1.